The third-order valence-electron chi connectivity index (χ3n) is 2.21. The topological polar surface area (TPSA) is 81.7 Å². The Balaban J connectivity index is 2.43. The van der Waals surface area contributed by atoms with E-state index >= 15 is 0 Å². The molecule has 0 bridgehead atoms. The van der Waals surface area contributed by atoms with Crippen LogP contribution in [-0.4, -0.2) is 21.0 Å². The number of fused-ring (bicyclic) bond motifs is 1. The molecule has 0 unspecified atom stereocenters. The maximum absolute atomic E-state index is 11.6. The van der Waals surface area contributed by atoms with Gasteiger partial charge in [0.05, 0.1) is 6.61 Å². The lowest BCUT2D eigenvalue weighted by Gasteiger charge is -2.24. The van der Waals surface area contributed by atoms with Crippen molar-refractivity contribution in [1.29, 1.82) is 0 Å². The summed E-state index contributed by atoms with van der Waals surface area (Å²) in [6, 6.07) is 5.36. The summed E-state index contributed by atoms with van der Waals surface area (Å²) in [5, 5.41) is 0. The predicted octanol–water partition coefficient (Wildman–Crippen LogP) is 0.518. The Bertz CT molecular complexity index is 539. The number of ether oxygens (including phenoxy) is 1. The second kappa shape index (κ2) is 4.34. The van der Waals surface area contributed by atoms with Gasteiger partial charge in [0.25, 0.3) is 0 Å². The van der Waals surface area contributed by atoms with Crippen molar-refractivity contribution in [2.24, 2.45) is 0 Å². The summed E-state index contributed by atoms with van der Waals surface area (Å²) < 4.78 is 34.4. The monoisotopic (exact) mass is 257 g/mol. The summed E-state index contributed by atoms with van der Waals surface area (Å²) in [6.45, 7) is 1.83. The van der Waals surface area contributed by atoms with Gasteiger partial charge in [0.2, 0.25) is 0 Å². The maximum Gasteiger partial charge on any atom is 0.383 e. The van der Waals surface area contributed by atoms with Crippen molar-refractivity contribution in [2.45, 2.75) is 13.0 Å². The Labute approximate surface area is 98.8 Å². The van der Waals surface area contributed by atoms with E-state index in [9.17, 15) is 13.2 Å². The van der Waals surface area contributed by atoms with Crippen LogP contribution in [-0.2, 0) is 19.8 Å². The highest BCUT2D eigenvalue weighted by Crippen LogP contribution is 2.31. The van der Waals surface area contributed by atoms with Crippen molar-refractivity contribution in [3.63, 3.8) is 0 Å². The minimum atomic E-state index is -3.96. The standard InChI is InChI=1S/C10H11NO5S/c1-2-15-10(12)9-7-5-3-4-6-8(7)16-17(13,14)11-9/h3-6,9,11H,2H2,1H3/t9-/m1/s1. The number of nitrogens with one attached hydrogen (secondary N) is 1. The molecule has 1 aliphatic heterocycles. The molecule has 0 spiro atoms. The SMILES string of the molecule is CCOC(=O)[C@@H]1NS(=O)(=O)Oc2ccccc21. The highest BCUT2D eigenvalue weighted by atomic mass is 32.2. The molecule has 7 heteroatoms. The van der Waals surface area contributed by atoms with E-state index in [2.05, 4.69) is 4.72 Å². The van der Waals surface area contributed by atoms with Crippen LogP contribution in [0.3, 0.4) is 0 Å². The highest BCUT2D eigenvalue weighted by Gasteiger charge is 2.35. The van der Waals surface area contributed by atoms with Crippen molar-refractivity contribution >= 4 is 16.3 Å². The summed E-state index contributed by atoms with van der Waals surface area (Å²) in [6.07, 6.45) is 0. The molecule has 0 amide bonds. The summed E-state index contributed by atoms with van der Waals surface area (Å²) in [7, 11) is -3.96. The van der Waals surface area contributed by atoms with Gasteiger partial charge in [0.15, 0.2) is 6.04 Å². The second-order valence-electron chi connectivity index (χ2n) is 3.38. The van der Waals surface area contributed by atoms with E-state index in [-0.39, 0.29) is 12.4 Å². The Kier molecular flexibility index (Phi) is 3.03. The molecule has 0 aliphatic carbocycles. The largest absolute Gasteiger partial charge is 0.465 e. The average molecular weight is 257 g/mol. The van der Waals surface area contributed by atoms with Crippen LogP contribution in [0, 0.1) is 0 Å². The van der Waals surface area contributed by atoms with Gasteiger partial charge in [-0.25, -0.2) is 4.79 Å². The first-order chi connectivity index (χ1) is 8.03. The molecule has 17 heavy (non-hydrogen) atoms. The highest BCUT2D eigenvalue weighted by molar-refractivity contribution is 7.85. The van der Waals surface area contributed by atoms with Crippen LogP contribution < -0.4 is 8.91 Å². The van der Waals surface area contributed by atoms with Crippen LogP contribution in [0.15, 0.2) is 24.3 Å². The molecule has 2 rings (SSSR count). The normalized spacial score (nSPS) is 21.1. The molecule has 0 radical (unpaired) electrons. The Morgan fingerprint density at radius 1 is 1.47 bits per heavy atom. The van der Waals surface area contributed by atoms with Gasteiger partial charge in [-0.3, -0.25) is 0 Å². The van der Waals surface area contributed by atoms with Crippen LogP contribution in [0.4, 0.5) is 0 Å². The summed E-state index contributed by atoms with van der Waals surface area (Å²) in [5.41, 5.74) is 0.445. The fourth-order valence-electron chi connectivity index (χ4n) is 1.55. The van der Waals surface area contributed by atoms with E-state index in [0.29, 0.717) is 5.56 Å². The van der Waals surface area contributed by atoms with Crippen LogP contribution >= 0.6 is 0 Å². The molecule has 1 N–H and O–H groups in total. The van der Waals surface area contributed by atoms with Gasteiger partial charge in [0.1, 0.15) is 5.75 Å². The first-order valence-corrected chi connectivity index (χ1v) is 6.41. The lowest BCUT2D eigenvalue weighted by atomic mass is 10.1. The van der Waals surface area contributed by atoms with Crippen molar-refractivity contribution in [3.05, 3.63) is 29.8 Å². The first kappa shape index (κ1) is 11.9. The van der Waals surface area contributed by atoms with Crippen molar-refractivity contribution in [2.75, 3.05) is 6.61 Å². The number of para-hydroxylation sites is 1. The maximum atomic E-state index is 11.6. The van der Waals surface area contributed by atoms with Gasteiger partial charge >= 0.3 is 16.3 Å². The van der Waals surface area contributed by atoms with E-state index in [1.165, 1.54) is 6.07 Å². The lowest BCUT2D eigenvalue weighted by molar-refractivity contribution is -0.145. The molecule has 0 aromatic heterocycles. The van der Waals surface area contributed by atoms with Gasteiger partial charge in [0, 0.05) is 5.56 Å². The number of rotatable bonds is 2. The third kappa shape index (κ3) is 2.40. The second-order valence-corrected chi connectivity index (χ2v) is 4.69. The van der Waals surface area contributed by atoms with E-state index in [4.69, 9.17) is 8.92 Å². The molecule has 1 aromatic carbocycles. The molecular weight excluding hydrogens is 246 g/mol. The minimum Gasteiger partial charge on any atom is -0.465 e. The Morgan fingerprint density at radius 3 is 2.88 bits per heavy atom. The molecule has 0 saturated heterocycles. The minimum absolute atomic E-state index is 0.143. The predicted molar refractivity (Wildman–Crippen MR) is 58.5 cm³/mol. The number of hydrogen-bond donors (Lipinski definition) is 1. The Hall–Kier alpha value is -1.60. The van der Waals surface area contributed by atoms with Gasteiger partial charge in [-0.2, -0.15) is 13.1 Å². The lowest BCUT2D eigenvalue weighted by Crippen LogP contribution is -2.41. The molecule has 0 saturated carbocycles. The quantitative estimate of drug-likeness (QED) is 0.781. The van der Waals surface area contributed by atoms with Crippen LogP contribution in [0.2, 0.25) is 0 Å². The van der Waals surface area contributed by atoms with Crippen LogP contribution in [0.5, 0.6) is 5.75 Å². The number of hydrogen-bond acceptors (Lipinski definition) is 5. The fraction of sp³-hybridized carbons (Fsp3) is 0.300. The van der Waals surface area contributed by atoms with Gasteiger partial charge < -0.3 is 8.92 Å². The summed E-state index contributed by atoms with van der Waals surface area (Å²) >= 11 is 0. The summed E-state index contributed by atoms with van der Waals surface area (Å²) in [5.74, 6) is -0.504. The molecule has 1 aliphatic rings. The molecule has 1 heterocycles. The van der Waals surface area contributed by atoms with Crippen molar-refractivity contribution < 1.29 is 22.1 Å². The first-order valence-electron chi connectivity index (χ1n) is 5.01. The number of esters is 1. The smallest absolute Gasteiger partial charge is 0.383 e. The zero-order chi connectivity index (χ0) is 12.5. The molecular formula is C10H11NO5S. The molecule has 92 valence electrons. The van der Waals surface area contributed by atoms with Crippen LogP contribution in [0.25, 0.3) is 0 Å². The van der Waals surface area contributed by atoms with Gasteiger partial charge in [-0.05, 0) is 13.0 Å². The van der Waals surface area contributed by atoms with E-state index in [0.717, 1.165) is 0 Å². The van der Waals surface area contributed by atoms with Crippen molar-refractivity contribution in [1.82, 2.24) is 4.72 Å². The molecule has 6 nitrogen and oxygen atoms in total. The van der Waals surface area contributed by atoms with E-state index in [1.54, 1.807) is 25.1 Å². The number of carbonyl (C=O) groups excluding carboxylic acids is 1. The zero-order valence-corrected chi connectivity index (χ0v) is 9.86. The van der Waals surface area contributed by atoms with E-state index in [1.807, 2.05) is 0 Å². The van der Waals surface area contributed by atoms with Gasteiger partial charge in [-0.1, -0.05) is 18.2 Å². The van der Waals surface area contributed by atoms with E-state index < -0.39 is 22.3 Å². The molecule has 0 fully saturated rings. The summed E-state index contributed by atoms with van der Waals surface area (Å²) in [4.78, 5) is 11.6. The number of carbonyl (C=O) groups is 1. The third-order valence-corrected chi connectivity index (χ3v) is 3.14. The molecule has 1 aromatic rings. The fourth-order valence-corrected chi connectivity index (χ4v) is 2.49. The Morgan fingerprint density at radius 2 is 2.18 bits per heavy atom. The van der Waals surface area contributed by atoms with Crippen molar-refractivity contribution in [3.8, 4) is 5.75 Å². The number of benzene rings is 1. The molecule has 1 atom stereocenters. The van der Waals surface area contributed by atoms with Gasteiger partial charge in [-0.15, -0.1) is 0 Å². The average Bonchev–Trinajstić information content (AvgIpc) is 2.27. The zero-order valence-electron chi connectivity index (χ0n) is 9.04. The van der Waals surface area contributed by atoms with Crippen LogP contribution in [0.1, 0.15) is 18.5 Å².